The molecule has 2 unspecified atom stereocenters. The first-order valence-electron chi connectivity index (χ1n) is 6.38. The zero-order valence-electron chi connectivity index (χ0n) is 11.2. The van der Waals surface area contributed by atoms with Crippen LogP contribution in [0, 0.1) is 19.8 Å². The summed E-state index contributed by atoms with van der Waals surface area (Å²) >= 11 is 0. The van der Waals surface area contributed by atoms with Gasteiger partial charge in [-0.05, 0) is 43.0 Å². The number of hydrogen-bond donors (Lipinski definition) is 1. The number of rotatable bonds is 1. The van der Waals surface area contributed by atoms with Crippen LogP contribution in [0.3, 0.4) is 0 Å². The maximum absolute atomic E-state index is 12.0. The Morgan fingerprint density at radius 2 is 1.89 bits per heavy atom. The second-order valence-electron chi connectivity index (χ2n) is 5.49. The highest BCUT2D eigenvalue weighted by Gasteiger charge is 2.27. The molecule has 0 aromatic heterocycles. The molecule has 1 saturated heterocycles. The van der Waals surface area contributed by atoms with Crippen LogP contribution < -0.4 is 5.32 Å². The number of benzene rings is 1. The Hall–Kier alpha value is -0.870. The van der Waals surface area contributed by atoms with E-state index in [1.807, 2.05) is 13.0 Å². The fraction of sp³-hybridized carbons (Fsp3) is 0.571. The van der Waals surface area contributed by atoms with Crippen LogP contribution in [0.2, 0.25) is 0 Å². The van der Waals surface area contributed by atoms with Gasteiger partial charge in [-0.1, -0.05) is 25.1 Å². The summed E-state index contributed by atoms with van der Waals surface area (Å²) in [4.78, 5) is 0. The van der Waals surface area contributed by atoms with Crippen LogP contribution in [0.4, 0.5) is 0 Å². The fourth-order valence-electron chi connectivity index (χ4n) is 2.41. The molecule has 0 amide bonds. The second-order valence-corrected chi connectivity index (χ2v) is 7.64. The summed E-state index contributed by atoms with van der Waals surface area (Å²) in [6, 6.07) is 6.12. The summed E-state index contributed by atoms with van der Waals surface area (Å²) in [5, 5.41) is 3.37. The van der Waals surface area contributed by atoms with Crippen molar-refractivity contribution in [3.63, 3.8) is 0 Å². The van der Waals surface area contributed by atoms with Crippen molar-refractivity contribution in [3.05, 3.63) is 34.9 Å². The molecule has 0 aliphatic carbocycles. The van der Waals surface area contributed by atoms with Crippen molar-refractivity contribution in [1.29, 1.82) is 0 Å². The molecule has 1 heterocycles. The Morgan fingerprint density at radius 1 is 1.17 bits per heavy atom. The third-order valence-corrected chi connectivity index (χ3v) is 5.52. The Bertz CT molecular complexity index is 537. The topological polar surface area (TPSA) is 46.2 Å². The maximum Gasteiger partial charge on any atom is 0.152 e. The van der Waals surface area contributed by atoms with Gasteiger partial charge in [0.2, 0.25) is 0 Å². The average molecular weight is 267 g/mol. The fourth-order valence-corrected chi connectivity index (χ4v) is 4.35. The Morgan fingerprint density at radius 3 is 2.56 bits per heavy atom. The molecule has 1 N–H and O–H groups in total. The van der Waals surface area contributed by atoms with E-state index in [1.54, 1.807) is 0 Å². The lowest BCUT2D eigenvalue weighted by Crippen LogP contribution is -2.26. The summed E-state index contributed by atoms with van der Waals surface area (Å²) in [6.07, 6.45) is 0. The van der Waals surface area contributed by atoms with E-state index in [4.69, 9.17) is 0 Å². The molecule has 4 heteroatoms. The largest absolute Gasteiger partial charge is 0.309 e. The highest BCUT2D eigenvalue weighted by Crippen LogP contribution is 2.22. The van der Waals surface area contributed by atoms with Crippen LogP contribution in [-0.4, -0.2) is 26.5 Å². The molecule has 0 bridgehead atoms. The van der Waals surface area contributed by atoms with E-state index in [0.717, 1.165) is 12.1 Å². The molecule has 18 heavy (non-hydrogen) atoms. The normalized spacial score (nSPS) is 27.7. The average Bonchev–Trinajstić information content (AvgIpc) is 2.40. The van der Waals surface area contributed by atoms with E-state index in [1.165, 1.54) is 11.1 Å². The van der Waals surface area contributed by atoms with Crippen LogP contribution in [0.25, 0.3) is 0 Å². The second kappa shape index (κ2) is 5.02. The molecule has 1 aromatic rings. The number of sulfone groups is 1. The molecular weight excluding hydrogens is 246 g/mol. The van der Waals surface area contributed by atoms with E-state index >= 15 is 0 Å². The molecule has 0 radical (unpaired) electrons. The van der Waals surface area contributed by atoms with E-state index in [0.29, 0.717) is 5.75 Å². The van der Waals surface area contributed by atoms with Gasteiger partial charge < -0.3 is 5.32 Å². The quantitative estimate of drug-likeness (QED) is 0.846. The summed E-state index contributed by atoms with van der Waals surface area (Å²) < 4.78 is 24.0. The van der Waals surface area contributed by atoms with E-state index in [-0.39, 0.29) is 17.7 Å². The smallest absolute Gasteiger partial charge is 0.152 e. The molecule has 0 spiro atoms. The lowest BCUT2D eigenvalue weighted by atomic mass is 10.0. The minimum absolute atomic E-state index is 0.0701. The monoisotopic (exact) mass is 267 g/mol. The highest BCUT2D eigenvalue weighted by molar-refractivity contribution is 7.91. The Kier molecular flexibility index (Phi) is 3.78. The van der Waals surface area contributed by atoms with Crippen LogP contribution >= 0.6 is 0 Å². The van der Waals surface area contributed by atoms with Crippen molar-refractivity contribution in [1.82, 2.24) is 5.32 Å². The zero-order valence-corrected chi connectivity index (χ0v) is 12.0. The van der Waals surface area contributed by atoms with Gasteiger partial charge in [0.05, 0.1) is 11.5 Å². The van der Waals surface area contributed by atoms with Crippen LogP contribution in [0.15, 0.2) is 18.2 Å². The molecule has 1 aliphatic heterocycles. The SMILES string of the molecule is Cc1ccc(C2CS(=O)(=O)CC(C)CN2)cc1C. The third kappa shape index (κ3) is 3.12. The maximum atomic E-state index is 12.0. The van der Waals surface area contributed by atoms with Gasteiger partial charge >= 0.3 is 0 Å². The van der Waals surface area contributed by atoms with Gasteiger partial charge in [-0.15, -0.1) is 0 Å². The molecular formula is C14H21NO2S. The predicted octanol–water partition coefficient (Wildman–Crippen LogP) is 2.00. The first kappa shape index (κ1) is 13.6. The van der Waals surface area contributed by atoms with E-state index in [9.17, 15) is 8.42 Å². The molecule has 100 valence electrons. The van der Waals surface area contributed by atoms with Crippen molar-refractivity contribution in [2.45, 2.75) is 26.8 Å². The standard InChI is InChI=1S/C14H21NO2S/c1-10-7-15-14(9-18(16,17)8-10)13-5-4-11(2)12(3)6-13/h4-6,10,14-15H,7-9H2,1-3H3. The van der Waals surface area contributed by atoms with Gasteiger partial charge in [0, 0.05) is 6.04 Å². The minimum atomic E-state index is -2.95. The van der Waals surface area contributed by atoms with Crippen molar-refractivity contribution in [3.8, 4) is 0 Å². The van der Waals surface area contributed by atoms with Gasteiger partial charge in [0.1, 0.15) is 0 Å². The van der Waals surface area contributed by atoms with Gasteiger partial charge in [-0.25, -0.2) is 8.42 Å². The van der Waals surface area contributed by atoms with Crippen molar-refractivity contribution >= 4 is 9.84 Å². The summed E-state index contributed by atoms with van der Waals surface area (Å²) in [6.45, 7) is 6.87. The zero-order chi connectivity index (χ0) is 13.3. The van der Waals surface area contributed by atoms with E-state index in [2.05, 4.69) is 31.3 Å². The van der Waals surface area contributed by atoms with Gasteiger partial charge in [-0.2, -0.15) is 0 Å². The van der Waals surface area contributed by atoms with Gasteiger partial charge in [0.25, 0.3) is 0 Å². The number of nitrogens with one attached hydrogen (secondary N) is 1. The van der Waals surface area contributed by atoms with E-state index < -0.39 is 9.84 Å². The molecule has 3 nitrogen and oxygen atoms in total. The van der Waals surface area contributed by atoms with Crippen molar-refractivity contribution in [2.75, 3.05) is 18.1 Å². The Labute approximate surface area is 110 Å². The number of hydrogen-bond acceptors (Lipinski definition) is 3. The Balaban J connectivity index is 2.29. The third-order valence-electron chi connectivity index (χ3n) is 3.61. The lowest BCUT2D eigenvalue weighted by molar-refractivity contribution is 0.517. The number of aryl methyl sites for hydroxylation is 2. The molecule has 1 aromatic carbocycles. The van der Waals surface area contributed by atoms with Crippen molar-refractivity contribution in [2.24, 2.45) is 5.92 Å². The lowest BCUT2D eigenvalue weighted by Gasteiger charge is -2.17. The molecule has 1 aliphatic rings. The van der Waals surface area contributed by atoms with Crippen LogP contribution in [0.5, 0.6) is 0 Å². The highest BCUT2D eigenvalue weighted by atomic mass is 32.2. The molecule has 1 fully saturated rings. The van der Waals surface area contributed by atoms with Gasteiger partial charge in [0.15, 0.2) is 9.84 Å². The summed E-state index contributed by atoms with van der Waals surface area (Å²) in [5.41, 5.74) is 3.53. The minimum Gasteiger partial charge on any atom is -0.309 e. The van der Waals surface area contributed by atoms with Crippen molar-refractivity contribution < 1.29 is 8.42 Å². The first-order chi connectivity index (χ1) is 8.37. The summed E-state index contributed by atoms with van der Waals surface area (Å²) in [5.74, 6) is 0.688. The molecule has 2 atom stereocenters. The van der Waals surface area contributed by atoms with Crippen LogP contribution in [-0.2, 0) is 9.84 Å². The molecule has 0 saturated carbocycles. The first-order valence-corrected chi connectivity index (χ1v) is 8.20. The van der Waals surface area contributed by atoms with Gasteiger partial charge in [-0.3, -0.25) is 0 Å². The predicted molar refractivity (Wildman–Crippen MR) is 74.5 cm³/mol. The van der Waals surface area contributed by atoms with Crippen LogP contribution in [0.1, 0.15) is 29.7 Å². The summed E-state index contributed by atoms with van der Waals surface area (Å²) in [7, 11) is -2.95. The molecule has 2 rings (SSSR count).